The number of nitriles is 1. The summed E-state index contributed by atoms with van der Waals surface area (Å²) in [6, 6.07) is 2.03. The quantitative estimate of drug-likeness (QED) is 0.751. The molecule has 0 aromatic carbocycles. The van der Waals surface area contributed by atoms with Gasteiger partial charge in [0.05, 0.1) is 13.2 Å². The van der Waals surface area contributed by atoms with Crippen LogP contribution in [0.5, 0.6) is 5.88 Å². The lowest BCUT2D eigenvalue weighted by Gasteiger charge is -2.19. The van der Waals surface area contributed by atoms with E-state index in [1.807, 2.05) is 6.07 Å². The summed E-state index contributed by atoms with van der Waals surface area (Å²) in [5.41, 5.74) is 0.392. The molecule has 0 N–H and O–H groups in total. The minimum atomic E-state index is -2.84. The molecule has 0 fully saturated rings. The molecule has 94 valence electrons. The van der Waals surface area contributed by atoms with Gasteiger partial charge in [-0.25, -0.2) is 0 Å². The van der Waals surface area contributed by atoms with E-state index in [1.165, 1.54) is 11.5 Å². The van der Waals surface area contributed by atoms with Gasteiger partial charge in [-0.05, 0) is 32.3 Å². The molecule has 8 heteroatoms. The lowest BCUT2D eigenvalue weighted by Crippen LogP contribution is -2.03. The summed E-state index contributed by atoms with van der Waals surface area (Å²) in [5, 5.41) is 8.98. The highest BCUT2D eigenvalue weighted by molar-refractivity contribution is 8.07. The third kappa shape index (κ3) is 3.73. The van der Waals surface area contributed by atoms with Gasteiger partial charge in [-0.2, -0.15) is 9.64 Å². The predicted octanol–water partition coefficient (Wildman–Crippen LogP) is 3.00. The van der Waals surface area contributed by atoms with Gasteiger partial charge in [-0.3, -0.25) is 9.05 Å². The van der Waals surface area contributed by atoms with Crippen LogP contribution < -0.4 is 4.52 Å². The molecule has 1 rings (SSSR count). The minimum absolute atomic E-state index is 0.209. The first-order valence-electron chi connectivity index (χ1n) is 5.01. The van der Waals surface area contributed by atoms with Gasteiger partial charge in [-0.1, -0.05) is 0 Å². The van der Waals surface area contributed by atoms with Crippen molar-refractivity contribution < 1.29 is 13.6 Å². The molecule has 0 unspecified atom stereocenters. The van der Waals surface area contributed by atoms with Crippen molar-refractivity contribution in [1.29, 1.82) is 5.26 Å². The van der Waals surface area contributed by atoms with E-state index >= 15 is 0 Å². The monoisotopic (exact) mass is 292 g/mol. The fourth-order valence-electron chi connectivity index (χ4n) is 1.05. The summed E-state index contributed by atoms with van der Waals surface area (Å²) in [7, 11) is 0. The molecule has 0 aliphatic heterocycles. The van der Waals surface area contributed by atoms with Crippen LogP contribution in [0.1, 0.15) is 24.3 Å². The summed E-state index contributed by atoms with van der Waals surface area (Å²) in [4.78, 5) is 0.789. The third-order valence-corrected chi connectivity index (χ3v) is 4.85. The van der Waals surface area contributed by atoms with Crippen LogP contribution in [0.25, 0.3) is 0 Å². The van der Waals surface area contributed by atoms with E-state index in [0.717, 1.165) is 4.88 Å². The molecule has 0 bridgehead atoms. The topological polar surface area (TPSA) is 64.4 Å². The second-order valence-corrected chi connectivity index (χ2v) is 6.82. The highest BCUT2D eigenvalue weighted by atomic mass is 32.5. The Kier molecular flexibility index (Phi) is 5.50. The molecular weight excluding hydrogens is 279 g/mol. The molecule has 0 aliphatic rings. The van der Waals surface area contributed by atoms with E-state index in [2.05, 4.69) is 4.37 Å². The summed E-state index contributed by atoms with van der Waals surface area (Å²) in [5.74, 6) is 0.209. The summed E-state index contributed by atoms with van der Waals surface area (Å²) in [6.07, 6.45) is 0. The van der Waals surface area contributed by atoms with Crippen molar-refractivity contribution >= 4 is 30.1 Å². The van der Waals surface area contributed by atoms with Crippen molar-refractivity contribution in [3.63, 3.8) is 0 Å². The maximum atomic E-state index is 8.98. The van der Waals surface area contributed by atoms with Crippen LogP contribution in [0.2, 0.25) is 0 Å². The number of aromatic nitrogens is 1. The molecule has 5 nitrogen and oxygen atoms in total. The molecule has 17 heavy (non-hydrogen) atoms. The predicted molar refractivity (Wildman–Crippen MR) is 69.7 cm³/mol. The Morgan fingerprint density at radius 2 is 2.00 bits per heavy atom. The van der Waals surface area contributed by atoms with E-state index < -0.39 is 6.72 Å². The first-order valence-corrected chi connectivity index (χ1v) is 8.34. The molecule has 0 atom stereocenters. The van der Waals surface area contributed by atoms with E-state index in [0.29, 0.717) is 18.8 Å². The first-order chi connectivity index (χ1) is 8.06. The van der Waals surface area contributed by atoms with Crippen LogP contribution in [0.3, 0.4) is 0 Å². The Morgan fingerprint density at radius 1 is 1.41 bits per heavy atom. The van der Waals surface area contributed by atoms with Crippen LogP contribution >= 0.6 is 18.3 Å². The van der Waals surface area contributed by atoms with Crippen LogP contribution in [0, 0.1) is 18.3 Å². The second-order valence-electron chi connectivity index (χ2n) is 2.90. The van der Waals surface area contributed by atoms with Gasteiger partial charge < -0.3 is 4.52 Å². The molecule has 1 heterocycles. The average Bonchev–Trinajstić information content (AvgIpc) is 2.59. The van der Waals surface area contributed by atoms with Gasteiger partial charge in [0.1, 0.15) is 11.6 Å². The number of nitrogens with zero attached hydrogens (tertiary/aromatic N) is 2. The van der Waals surface area contributed by atoms with Gasteiger partial charge in [0.15, 0.2) is 0 Å². The smallest absolute Gasteiger partial charge is 0.381 e. The Bertz CT molecular complexity index is 459. The second kappa shape index (κ2) is 6.43. The Morgan fingerprint density at radius 3 is 2.47 bits per heavy atom. The molecule has 0 aliphatic carbocycles. The largest absolute Gasteiger partial charge is 0.403 e. The maximum absolute atomic E-state index is 8.98. The molecular formula is C9H13N2O3PS2. The molecule has 1 aromatic heterocycles. The van der Waals surface area contributed by atoms with Crippen LogP contribution in [0.4, 0.5) is 0 Å². The summed E-state index contributed by atoms with van der Waals surface area (Å²) in [6.45, 7) is 3.35. The third-order valence-electron chi connectivity index (χ3n) is 1.72. The Balaban J connectivity index is 2.94. The van der Waals surface area contributed by atoms with E-state index in [9.17, 15) is 0 Å². The first kappa shape index (κ1) is 14.6. The van der Waals surface area contributed by atoms with Crippen LogP contribution in [0.15, 0.2) is 0 Å². The maximum Gasteiger partial charge on any atom is 0.381 e. The molecule has 0 spiro atoms. The number of aryl methyl sites for hydroxylation is 1. The van der Waals surface area contributed by atoms with Crippen LogP contribution in [-0.4, -0.2) is 17.6 Å². The van der Waals surface area contributed by atoms with E-state index in [-0.39, 0.29) is 5.88 Å². The molecule has 0 radical (unpaired) electrons. The van der Waals surface area contributed by atoms with E-state index in [1.54, 1.807) is 20.8 Å². The zero-order valence-corrected chi connectivity index (χ0v) is 12.3. The van der Waals surface area contributed by atoms with Crippen molar-refractivity contribution in [3.05, 3.63) is 10.4 Å². The zero-order valence-electron chi connectivity index (χ0n) is 9.80. The van der Waals surface area contributed by atoms with Crippen molar-refractivity contribution in [3.8, 4) is 11.9 Å². The van der Waals surface area contributed by atoms with Gasteiger partial charge in [0.25, 0.3) is 5.88 Å². The highest BCUT2D eigenvalue weighted by Gasteiger charge is 2.25. The number of rotatable bonds is 6. The number of hydrogen-bond donors (Lipinski definition) is 0. The average molecular weight is 292 g/mol. The van der Waals surface area contributed by atoms with Crippen molar-refractivity contribution in [2.24, 2.45) is 0 Å². The molecule has 0 saturated heterocycles. The van der Waals surface area contributed by atoms with Gasteiger partial charge >= 0.3 is 6.72 Å². The van der Waals surface area contributed by atoms with E-state index in [4.69, 9.17) is 30.6 Å². The molecule has 0 saturated carbocycles. The van der Waals surface area contributed by atoms with Crippen molar-refractivity contribution in [1.82, 2.24) is 4.37 Å². The Labute approximate surface area is 110 Å². The standard InChI is InChI=1S/C9H13N2O3PS2/c1-4-12-15(16,13-5-2)14-9-8(6-10)7(3)17-11-9/h4-5H2,1-3H3. The van der Waals surface area contributed by atoms with Crippen LogP contribution in [-0.2, 0) is 20.9 Å². The zero-order chi connectivity index (χ0) is 12.9. The fraction of sp³-hybridized carbons (Fsp3) is 0.556. The SMILES string of the molecule is CCOP(=S)(OCC)Oc1nsc(C)c1C#N. The van der Waals surface area contributed by atoms with Gasteiger partial charge in [-0.15, -0.1) is 0 Å². The lowest BCUT2D eigenvalue weighted by molar-refractivity contribution is 0.216. The molecule has 0 amide bonds. The minimum Gasteiger partial charge on any atom is -0.403 e. The normalized spacial score (nSPS) is 11.2. The van der Waals surface area contributed by atoms with Gasteiger partial charge in [0.2, 0.25) is 0 Å². The lowest BCUT2D eigenvalue weighted by atomic mass is 10.3. The van der Waals surface area contributed by atoms with Gasteiger partial charge in [0, 0.05) is 16.7 Å². The van der Waals surface area contributed by atoms with Crippen molar-refractivity contribution in [2.45, 2.75) is 20.8 Å². The number of hydrogen-bond acceptors (Lipinski definition) is 7. The summed E-state index contributed by atoms with van der Waals surface area (Å²) >= 11 is 6.39. The highest BCUT2D eigenvalue weighted by Crippen LogP contribution is 2.50. The molecule has 1 aromatic rings. The van der Waals surface area contributed by atoms with Crippen molar-refractivity contribution in [2.75, 3.05) is 13.2 Å². The Hall–Kier alpha value is -0.510. The fourth-order valence-corrected chi connectivity index (χ4v) is 3.68. The summed E-state index contributed by atoms with van der Waals surface area (Å²) < 4.78 is 20.2.